The number of hydrogen-bond acceptors (Lipinski definition) is 8. The van der Waals surface area contributed by atoms with E-state index in [1.165, 1.54) is 18.1 Å². The molecule has 1 atom stereocenters. The van der Waals surface area contributed by atoms with Gasteiger partial charge in [0, 0.05) is 11.6 Å². The molecule has 9 nitrogen and oxygen atoms in total. The number of fused-ring (bicyclic) bond motifs is 1. The lowest BCUT2D eigenvalue weighted by atomic mass is 10.1. The highest BCUT2D eigenvalue weighted by Gasteiger charge is 2.31. The predicted molar refractivity (Wildman–Crippen MR) is 93.5 cm³/mol. The largest absolute Gasteiger partial charge is 0.361 e. The molecule has 1 unspecified atom stereocenters. The third-order valence-electron chi connectivity index (χ3n) is 3.87. The molecule has 0 bridgehead atoms. The van der Waals surface area contributed by atoms with Crippen molar-refractivity contribution < 1.29 is 4.52 Å². The van der Waals surface area contributed by atoms with Gasteiger partial charge in [-0.15, -0.1) is 10.2 Å². The lowest BCUT2D eigenvalue weighted by Crippen LogP contribution is -2.23. The van der Waals surface area contributed by atoms with Crippen LogP contribution >= 0.6 is 11.8 Å². The van der Waals surface area contributed by atoms with Gasteiger partial charge in [0.25, 0.3) is 0 Å². The van der Waals surface area contributed by atoms with Gasteiger partial charge in [-0.2, -0.15) is 14.9 Å². The van der Waals surface area contributed by atoms with Gasteiger partial charge in [0.05, 0.1) is 0 Å². The fraction of sp³-hybridized carbons (Fsp3) is 0.125. The Labute approximate surface area is 151 Å². The van der Waals surface area contributed by atoms with Crippen molar-refractivity contribution >= 4 is 17.5 Å². The maximum Gasteiger partial charge on any atom is 0.214 e. The Morgan fingerprint density at radius 2 is 2.04 bits per heavy atom. The van der Waals surface area contributed by atoms with Crippen LogP contribution in [0.2, 0.25) is 0 Å². The SMILES string of the molecule is Cc1cc(-c2nnc3n2N=C(c2ccccc2)C(n2cncn2)S3)no1. The molecule has 4 aromatic rings. The summed E-state index contributed by atoms with van der Waals surface area (Å²) in [6.07, 6.45) is 3.18. The van der Waals surface area contributed by atoms with E-state index in [1.807, 2.05) is 43.3 Å². The van der Waals surface area contributed by atoms with Crippen LogP contribution in [0.15, 0.2) is 63.8 Å². The third-order valence-corrected chi connectivity index (χ3v) is 5.00. The van der Waals surface area contributed by atoms with E-state index in [2.05, 4.69) is 25.4 Å². The molecule has 5 rings (SSSR count). The van der Waals surface area contributed by atoms with Crippen LogP contribution in [-0.2, 0) is 0 Å². The van der Waals surface area contributed by atoms with Crippen LogP contribution in [0.25, 0.3) is 11.5 Å². The molecule has 3 aromatic heterocycles. The van der Waals surface area contributed by atoms with Crippen molar-refractivity contribution in [2.75, 3.05) is 0 Å². The maximum atomic E-state index is 5.16. The van der Waals surface area contributed by atoms with Gasteiger partial charge in [-0.3, -0.25) is 0 Å². The quantitative estimate of drug-likeness (QED) is 0.550. The highest BCUT2D eigenvalue weighted by molar-refractivity contribution is 8.00. The zero-order valence-electron chi connectivity index (χ0n) is 13.6. The van der Waals surface area contributed by atoms with E-state index in [0.717, 1.165) is 11.3 Å². The molecular weight excluding hydrogens is 352 g/mol. The van der Waals surface area contributed by atoms with E-state index in [9.17, 15) is 0 Å². The van der Waals surface area contributed by atoms with Gasteiger partial charge in [-0.05, 0) is 6.92 Å². The third kappa shape index (κ3) is 2.42. The van der Waals surface area contributed by atoms with Crippen molar-refractivity contribution in [1.82, 2.24) is 34.8 Å². The molecule has 128 valence electrons. The number of thioether (sulfide) groups is 1. The van der Waals surface area contributed by atoms with Gasteiger partial charge >= 0.3 is 0 Å². The molecule has 1 aliphatic heterocycles. The standard InChI is InChI=1S/C16H12N8OS/c1-10-7-12(22-25-10)14-19-20-16-24(14)21-13(11-5-3-2-4-6-11)15(26-16)23-9-17-8-18-23/h2-9,15H,1H3. The zero-order chi connectivity index (χ0) is 17.5. The van der Waals surface area contributed by atoms with E-state index in [-0.39, 0.29) is 5.37 Å². The Morgan fingerprint density at radius 1 is 1.15 bits per heavy atom. The molecule has 0 saturated heterocycles. The first kappa shape index (κ1) is 15.0. The van der Waals surface area contributed by atoms with Crippen molar-refractivity contribution in [3.63, 3.8) is 0 Å². The number of benzene rings is 1. The van der Waals surface area contributed by atoms with Crippen molar-refractivity contribution in [2.24, 2.45) is 5.10 Å². The molecule has 1 aliphatic rings. The van der Waals surface area contributed by atoms with Crippen LogP contribution in [-0.4, -0.2) is 40.5 Å². The molecule has 0 N–H and O–H groups in total. The molecule has 10 heteroatoms. The predicted octanol–water partition coefficient (Wildman–Crippen LogP) is 2.39. The van der Waals surface area contributed by atoms with Crippen molar-refractivity contribution in [3.05, 3.63) is 60.4 Å². The number of hydrogen-bond donors (Lipinski definition) is 0. The molecule has 0 fully saturated rings. The van der Waals surface area contributed by atoms with Crippen molar-refractivity contribution in [1.29, 1.82) is 0 Å². The first-order chi connectivity index (χ1) is 12.8. The lowest BCUT2D eigenvalue weighted by Gasteiger charge is -2.22. The normalized spacial score (nSPS) is 16.3. The summed E-state index contributed by atoms with van der Waals surface area (Å²) in [7, 11) is 0. The lowest BCUT2D eigenvalue weighted by molar-refractivity contribution is 0.399. The minimum Gasteiger partial charge on any atom is -0.361 e. The second-order valence-corrected chi connectivity index (χ2v) is 6.69. The summed E-state index contributed by atoms with van der Waals surface area (Å²) in [5.74, 6) is 1.24. The fourth-order valence-corrected chi connectivity index (χ4v) is 3.73. The van der Waals surface area contributed by atoms with E-state index in [0.29, 0.717) is 22.4 Å². The average molecular weight is 364 g/mol. The molecule has 0 saturated carbocycles. The number of aromatic nitrogens is 7. The van der Waals surface area contributed by atoms with E-state index in [1.54, 1.807) is 15.7 Å². The van der Waals surface area contributed by atoms with Crippen LogP contribution in [0.4, 0.5) is 0 Å². The highest BCUT2D eigenvalue weighted by atomic mass is 32.2. The minimum atomic E-state index is -0.191. The molecule has 1 aromatic carbocycles. The zero-order valence-corrected chi connectivity index (χ0v) is 14.4. The summed E-state index contributed by atoms with van der Waals surface area (Å²) < 4.78 is 8.61. The van der Waals surface area contributed by atoms with Gasteiger partial charge in [0.15, 0.2) is 11.1 Å². The number of aryl methyl sites for hydroxylation is 1. The van der Waals surface area contributed by atoms with Crippen LogP contribution in [0.5, 0.6) is 0 Å². The van der Waals surface area contributed by atoms with Gasteiger partial charge in [0.2, 0.25) is 11.0 Å². The summed E-state index contributed by atoms with van der Waals surface area (Å²) in [5.41, 5.74) is 2.41. The first-order valence-electron chi connectivity index (χ1n) is 7.84. The van der Waals surface area contributed by atoms with Gasteiger partial charge < -0.3 is 4.52 Å². The Morgan fingerprint density at radius 3 is 2.77 bits per heavy atom. The van der Waals surface area contributed by atoms with E-state index >= 15 is 0 Å². The van der Waals surface area contributed by atoms with Gasteiger partial charge in [0.1, 0.15) is 24.1 Å². The van der Waals surface area contributed by atoms with Gasteiger partial charge in [-0.25, -0.2) is 9.67 Å². The summed E-state index contributed by atoms with van der Waals surface area (Å²) >= 11 is 1.50. The number of nitrogens with zero attached hydrogens (tertiary/aromatic N) is 8. The van der Waals surface area contributed by atoms with Crippen LogP contribution in [0, 0.1) is 6.92 Å². The fourth-order valence-electron chi connectivity index (χ4n) is 2.70. The maximum absolute atomic E-state index is 5.16. The van der Waals surface area contributed by atoms with Crippen LogP contribution in [0.3, 0.4) is 0 Å². The Hall–Kier alpha value is -3.27. The second kappa shape index (κ2) is 5.92. The molecule has 0 radical (unpaired) electrons. The summed E-state index contributed by atoms with van der Waals surface area (Å²) in [6.45, 7) is 1.83. The molecule has 0 spiro atoms. The van der Waals surface area contributed by atoms with E-state index < -0.39 is 0 Å². The summed E-state index contributed by atoms with van der Waals surface area (Å²) in [4.78, 5) is 4.06. The molecular formula is C16H12N8OS. The van der Waals surface area contributed by atoms with Crippen molar-refractivity contribution in [2.45, 2.75) is 17.5 Å². The topological polar surface area (TPSA) is 99.8 Å². The summed E-state index contributed by atoms with van der Waals surface area (Å²) in [6, 6.07) is 11.8. The second-order valence-electron chi connectivity index (χ2n) is 5.64. The summed E-state index contributed by atoms with van der Waals surface area (Å²) in [5, 5.41) is 22.1. The van der Waals surface area contributed by atoms with Crippen LogP contribution < -0.4 is 0 Å². The smallest absolute Gasteiger partial charge is 0.214 e. The van der Waals surface area contributed by atoms with Gasteiger partial charge in [-0.1, -0.05) is 47.3 Å². The first-order valence-corrected chi connectivity index (χ1v) is 8.72. The Balaban J connectivity index is 1.67. The number of rotatable bonds is 3. The molecule has 26 heavy (non-hydrogen) atoms. The Kier molecular flexibility index (Phi) is 3.42. The minimum absolute atomic E-state index is 0.191. The van der Waals surface area contributed by atoms with E-state index in [4.69, 9.17) is 9.62 Å². The molecule has 0 aliphatic carbocycles. The molecule has 0 amide bonds. The average Bonchev–Trinajstić information content (AvgIpc) is 3.41. The monoisotopic (exact) mass is 364 g/mol. The molecule has 4 heterocycles. The Bertz CT molecular complexity index is 1080. The highest BCUT2D eigenvalue weighted by Crippen LogP contribution is 2.38. The van der Waals surface area contributed by atoms with Crippen LogP contribution in [0.1, 0.15) is 16.7 Å². The van der Waals surface area contributed by atoms with Crippen molar-refractivity contribution in [3.8, 4) is 11.5 Å².